The van der Waals surface area contributed by atoms with Crippen molar-refractivity contribution < 1.29 is 0 Å². The molecule has 0 aromatic heterocycles. The summed E-state index contributed by atoms with van der Waals surface area (Å²) in [6.45, 7) is 2.54. The predicted molar refractivity (Wildman–Crippen MR) is 54.9 cm³/mol. The molecule has 0 aliphatic heterocycles. The third-order valence-electron chi connectivity index (χ3n) is 1.78. The lowest BCUT2D eigenvalue weighted by molar-refractivity contribution is 0.888. The molecule has 0 unspecified atom stereocenters. The largest absolute Gasteiger partial charge is 0.370 e. The maximum Gasteiger partial charge on any atom is 0.185 e. The minimum Gasteiger partial charge on any atom is -0.370 e. The quantitative estimate of drug-likeness (QED) is 0.499. The Labute approximate surface area is 82.4 Å². The minimum atomic E-state index is -0.0284. The molecular formula is C9H12ClN3. The first kappa shape index (κ1) is 9.86. The van der Waals surface area contributed by atoms with Gasteiger partial charge in [-0.1, -0.05) is 17.7 Å². The van der Waals surface area contributed by atoms with Crippen LogP contribution in [0.5, 0.6) is 0 Å². The fraction of sp³-hybridized carbons (Fsp3) is 0.222. The third-order valence-corrected chi connectivity index (χ3v) is 2.02. The molecule has 0 saturated heterocycles. The molecule has 0 aliphatic rings. The van der Waals surface area contributed by atoms with Crippen molar-refractivity contribution in [1.82, 2.24) is 5.32 Å². The lowest BCUT2D eigenvalue weighted by atomic mass is 10.1. The van der Waals surface area contributed by atoms with Crippen LogP contribution in [0.15, 0.2) is 18.2 Å². The highest BCUT2D eigenvalue weighted by molar-refractivity contribution is 6.30. The maximum absolute atomic E-state index is 7.00. The van der Waals surface area contributed by atoms with Crippen molar-refractivity contribution in [3.63, 3.8) is 0 Å². The normalized spacial score (nSPS) is 9.69. The third kappa shape index (κ3) is 2.95. The Hall–Kier alpha value is -1.22. The van der Waals surface area contributed by atoms with E-state index in [1.54, 1.807) is 0 Å². The van der Waals surface area contributed by atoms with Gasteiger partial charge in [-0.05, 0) is 30.2 Å². The first-order valence-electron chi connectivity index (χ1n) is 3.92. The second kappa shape index (κ2) is 4.14. The van der Waals surface area contributed by atoms with Gasteiger partial charge in [-0.3, -0.25) is 5.41 Å². The number of hydrogen-bond donors (Lipinski definition) is 3. The van der Waals surface area contributed by atoms with Gasteiger partial charge in [0.2, 0.25) is 0 Å². The van der Waals surface area contributed by atoms with Crippen molar-refractivity contribution in [2.45, 2.75) is 13.5 Å². The standard InChI is InChI=1S/C9H12ClN3/c1-6-2-3-8(10)4-7(6)5-13-9(11)12/h2-4H,5H2,1H3,(H4,11,12,13). The van der Waals surface area contributed by atoms with Crippen molar-refractivity contribution >= 4 is 17.6 Å². The van der Waals surface area contributed by atoms with Crippen LogP contribution in [0, 0.1) is 12.3 Å². The summed E-state index contributed by atoms with van der Waals surface area (Å²) in [4.78, 5) is 0. The van der Waals surface area contributed by atoms with Crippen molar-refractivity contribution in [2.24, 2.45) is 5.73 Å². The van der Waals surface area contributed by atoms with Crippen molar-refractivity contribution in [3.05, 3.63) is 34.3 Å². The number of guanidine groups is 1. The molecule has 70 valence electrons. The Balaban J connectivity index is 2.75. The molecule has 4 heteroatoms. The Kier molecular flexibility index (Phi) is 3.14. The Bertz CT molecular complexity index is 323. The first-order chi connectivity index (χ1) is 6.09. The second-order valence-corrected chi connectivity index (χ2v) is 3.27. The molecule has 1 aromatic carbocycles. The van der Waals surface area contributed by atoms with E-state index in [1.807, 2.05) is 25.1 Å². The van der Waals surface area contributed by atoms with Crippen LogP contribution < -0.4 is 11.1 Å². The summed E-state index contributed by atoms with van der Waals surface area (Å²) in [5.41, 5.74) is 7.36. The summed E-state index contributed by atoms with van der Waals surface area (Å²) >= 11 is 5.82. The van der Waals surface area contributed by atoms with E-state index in [0.29, 0.717) is 11.6 Å². The average molecular weight is 198 g/mol. The number of halogens is 1. The van der Waals surface area contributed by atoms with Crippen LogP contribution in [0.1, 0.15) is 11.1 Å². The fourth-order valence-corrected chi connectivity index (χ4v) is 1.22. The lowest BCUT2D eigenvalue weighted by Crippen LogP contribution is -2.29. The van der Waals surface area contributed by atoms with Crippen LogP contribution in [-0.2, 0) is 6.54 Å². The highest BCUT2D eigenvalue weighted by atomic mass is 35.5. The zero-order valence-corrected chi connectivity index (χ0v) is 8.15. The van der Waals surface area contributed by atoms with E-state index in [2.05, 4.69) is 5.32 Å². The van der Waals surface area contributed by atoms with Gasteiger partial charge in [0.15, 0.2) is 5.96 Å². The molecule has 1 aromatic rings. The summed E-state index contributed by atoms with van der Waals surface area (Å²) in [6, 6.07) is 5.65. The molecule has 0 amide bonds. The van der Waals surface area contributed by atoms with Gasteiger partial charge in [-0.2, -0.15) is 0 Å². The highest BCUT2D eigenvalue weighted by Gasteiger charge is 1.98. The zero-order valence-electron chi connectivity index (χ0n) is 7.39. The van der Waals surface area contributed by atoms with Crippen molar-refractivity contribution in [2.75, 3.05) is 0 Å². The number of nitrogens with two attached hydrogens (primary N) is 1. The van der Waals surface area contributed by atoms with E-state index in [0.717, 1.165) is 11.1 Å². The lowest BCUT2D eigenvalue weighted by Gasteiger charge is -2.07. The Morgan fingerprint density at radius 2 is 2.31 bits per heavy atom. The molecule has 0 radical (unpaired) electrons. The van der Waals surface area contributed by atoms with Gasteiger partial charge >= 0.3 is 0 Å². The summed E-state index contributed by atoms with van der Waals surface area (Å²) in [6.07, 6.45) is 0. The molecule has 1 rings (SSSR count). The van der Waals surface area contributed by atoms with Crippen LogP contribution in [0.25, 0.3) is 0 Å². The van der Waals surface area contributed by atoms with E-state index in [9.17, 15) is 0 Å². The smallest absolute Gasteiger partial charge is 0.185 e. The molecule has 0 fully saturated rings. The molecule has 0 aliphatic carbocycles. The van der Waals surface area contributed by atoms with Crippen LogP contribution in [0.2, 0.25) is 5.02 Å². The van der Waals surface area contributed by atoms with Crippen LogP contribution >= 0.6 is 11.6 Å². The highest BCUT2D eigenvalue weighted by Crippen LogP contribution is 2.14. The number of hydrogen-bond acceptors (Lipinski definition) is 1. The maximum atomic E-state index is 7.00. The first-order valence-corrected chi connectivity index (χ1v) is 4.30. The summed E-state index contributed by atoms with van der Waals surface area (Å²) < 4.78 is 0. The molecule has 0 spiro atoms. The molecule has 0 bridgehead atoms. The topological polar surface area (TPSA) is 61.9 Å². The number of aryl methyl sites for hydroxylation is 1. The average Bonchev–Trinajstić information content (AvgIpc) is 2.06. The molecule has 0 saturated carbocycles. The Morgan fingerprint density at radius 3 is 2.92 bits per heavy atom. The van der Waals surface area contributed by atoms with Crippen LogP contribution in [-0.4, -0.2) is 5.96 Å². The van der Waals surface area contributed by atoms with E-state index in [4.69, 9.17) is 22.7 Å². The zero-order chi connectivity index (χ0) is 9.84. The number of nitrogens with one attached hydrogen (secondary N) is 2. The van der Waals surface area contributed by atoms with Gasteiger partial charge < -0.3 is 11.1 Å². The van der Waals surface area contributed by atoms with E-state index >= 15 is 0 Å². The SMILES string of the molecule is Cc1ccc(Cl)cc1CNC(=N)N. The van der Waals surface area contributed by atoms with Crippen molar-refractivity contribution in [1.29, 1.82) is 5.41 Å². The molecular weight excluding hydrogens is 186 g/mol. The van der Waals surface area contributed by atoms with Crippen LogP contribution in [0.4, 0.5) is 0 Å². The van der Waals surface area contributed by atoms with Gasteiger partial charge in [0.25, 0.3) is 0 Å². The number of benzene rings is 1. The van der Waals surface area contributed by atoms with E-state index in [1.165, 1.54) is 0 Å². The summed E-state index contributed by atoms with van der Waals surface area (Å²) in [7, 11) is 0. The molecule has 13 heavy (non-hydrogen) atoms. The summed E-state index contributed by atoms with van der Waals surface area (Å²) in [5.74, 6) is -0.0284. The molecule has 0 heterocycles. The Morgan fingerprint density at radius 1 is 1.62 bits per heavy atom. The van der Waals surface area contributed by atoms with Crippen molar-refractivity contribution in [3.8, 4) is 0 Å². The summed E-state index contributed by atoms with van der Waals surface area (Å²) in [5, 5.41) is 10.4. The fourth-order valence-electron chi connectivity index (χ4n) is 1.02. The molecule has 4 N–H and O–H groups in total. The van der Waals surface area contributed by atoms with Gasteiger partial charge in [0.05, 0.1) is 0 Å². The number of rotatable bonds is 2. The monoisotopic (exact) mass is 197 g/mol. The van der Waals surface area contributed by atoms with Gasteiger partial charge in [0.1, 0.15) is 0 Å². The van der Waals surface area contributed by atoms with E-state index < -0.39 is 0 Å². The molecule has 3 nitrogen and oxygen atoms in total. The van der Waals surface area contributed by atoms with Gasteiger partial charge in [0, 0.05) is 11.6 Å². The van der Waals surface area contributed by atoms with Crippen LogP contribution in [0.3, 0.4) is 0 Å². The molecule has 0 atom stereocenters. The second-order valence-electron chi connectivity index (χ2n) is 2.84. The van der Waals surface area contributed by atoms with Gasteiger partial charge in [-0.15, -0.1) is 0 Å². The minimum absolute atomic E-state index is 0.0284. The van der Waals surface area contributed by atoms with Gasteiger partial charge in [-0.25, -0.2) is 0 Å². The van der Waals surface area contributed by atoms with E-state index in [-0.39, 0.29) is 5.96 Å². The predicted octanol–water partition coefficient (Wildman–Crippen LogP) is 1.63.